The van der Waals surface area contributed by atoms with E-state index in [0.717, 1.165) is 18.3 Å². The second-order valence-electron chi connectivity index (χ2n) is 7.45. The number of aromatic hydroxyl groups is 1. The van der Waals surface area contributed by atoms with Gasteiger partial charge < -0.3 is 29.7 Å². The first-order valence-electron chi connectivity index (χ1n) is 9.50. The molecule has 3 N–H and O–H groups in total. The molecule has 1 aromatic heterocycles. The molecular weight excluding hydrogens is 416 g/mol. The van der Waals surface area contributed by atoms with Crippen molar-refractivity contribution in [1.29, 1.82) is 0 Å². The number of rotatable bonds is 3. The number of nitrogens with one attached hydrogen (secondary N) is 1. The first-order chi connectivity index (χ1) is 14.7. The van der Waals surface area contributed by atoms with E-state index in [9.17, 15) is 33.4 Å². The minimum absolute atomic E-state index is 0.00556. The van der Waals surface area contributed by atoms with Gasteiger partial charge in [-0.2, -0.15) is 0 Å². The molecule has 4 rings (SSSR count). The molecule has 2 amide bonds. The topological polar surface area (TPSA) is 121 Å². The number of nitrogens with zero attached hydrogens (tertiary/aromatic N) is 2. The lowest BCUT2D eigenvalue weighted by Gasteiger charge is -2.46. The molecule has 3 heterocycles. The molecule has 2 aliphatic heterocycles. The summed E-state index contributed by atoms with van der Waals surface area (Å²) >= 11 is 0. The molecule has 1 aromatic carbocycles. The van der Waals surface area contributed by atoms with Crippen molar-refractivity contribution in [3.63, 3.8) is 0 Å². The molecule has 0 saturated carbocycles. The number of halogens is 2. The van der Waals surface area contributed by atoms with Gasteiger partial charge in [0, 0.05) is 24.4 Å². The average molecular weight is 435 g/mol. The predicted octanol–water partition coefficient (Wildman–Crippen LogP) is 0.324. The van der Waals surface area contributed by atoms with Crippen molar-refractivity contribution in [2.24, 2.45) is 0 Å². The predicted molar refractivity (Wildman–Crippen MR) is 101 cm³/mol. The van der Waals surface area contributed by atoms with Crippen molar-refractivity contribution >= 4 is 11.8 Å². The highest BCUT2D eigenvalue weighted by atomic mass is 19.1. The number of aliphatic hydroxyl groups is 1. The molecule has 164 valence electrons. The van der Waals surface area contributed by atoms with Crippen LogP contribution >= 0.6 is 0 Å². The zero-order chi connectivity index (χ0) is 22.4. The minimum Gasteiger partial charge on any atom is -0.503 e. The molecular formula is C20H19F2N3O6. The van der Waals surface area contributed by atoms with E-state index in [1.54, 1.807) is 6.92 Å². The molecule has 1 saturated heterocycles. The van der Waals surface area contributed by atoms with Crippen molar-refractivity contribution in [1.82, 2.24) is 14.8 Å². The van der Waals surface area contributed by atoms with Gasteiger partial charge in [-0.1, -0.05) is 6.07 Å². The highest BCUT2D eigenvalue weighted by Gasteiger charge is 2.44. The molecule has 0 radical (unpaired) electrons. The molecule has 9 nitrogen and oxygen atoms in total. The lowest BCUT2D eigenvalue weighted by Crippen LogP contribution is -2.61. The van der Waals surface area contributed by atoms with Crippen molar-refractivity contribution < 1.29 is 33.3 Å². The van der Waals surface area contributed by atoms with Gasteiger partial charge in [0.15, 0.2) is 17.7 Å². The SMILES string of the molecule is CC1C(O)COC2Cn3cc(C(=O)NCc4ccc(F)cc4F)c(=O)c(O)c3C(=O)N21. The quantitative estimate of drug-likeness (QED) is 0.639. The Labute approximate surface area is 174 Å². The number of hydrogen-bond donors (Lipinski definition) is 3. The van der Waals surface area contributed by atoms with Crippen LogP contribution in [0.25, 0.3) is 0 Å². The molecule has 11 heteroatoms. The molecule has 2 aliphatic rings. The molecule has 3 unspecified atom stereocenters. The van der Waals surface area contributed by atoms with Crippen LogP contribution in [-0.4, -0.2) is 56.5 Å². The monoisotopic (exact) mass is 435 g/mol. The minimum atomic E-state index is -1.07. The molecule has 3 atom stereocenters. The Bertz CT molecular complexity index is 1130. The van der Waals surface area contributed by atoms with Gasteiger partial charge in [-0.05, 0) is 13.0 Å². The fraction of sp³-hybridized carbons (Fsp3) is 0.350. The maximum atomic E-state index is 13.8. The normalized spacial score (nSPS) is 22.6. The number of pyridine rings is 1. The van der Waals surface area contributed by atoms with Gasteiger partial charge in [0.1, 0.15) is 17.2 Å². The van der Waals surface area contributed by atoms with E-state index in [-0.39, 0.29) is 31.0 Å². The van der Waals surface area contributed by atoms with Crippen molar-refractivity contribution in [3.8, 4) is 5.75 Å². The van der Waals surface area contributed by atoms with E-state index in [4.69, 9.17) is 4.74 Å². The Morgan fingerprint density at radius 1 is 1.32 bits per heavy atom. The van der Waals surface area contributed by atoms with E-state index in [0.29, 0.717) is 6.07 Å². The number of fused-ring (bicyclic) bond motifs is 2. The molecule has 31 heavy (non-hydrogen) atoms. The number of amides is 2. The summed E-state index contributed by atoms with van der Waals surface area (Å²) < 4.78 is 33.5. The van der Waals surface area contributed by atoms with Crippen molar-refractivity contribution in [3.05, 3.63) is 63.1 Å². The highest BCUT2D eigenvalue weighted by Crippen LogP contribution is 2.29. The second-order valence-corrected chi connectivity index (χ2v) is 7.45. The number of aromatic nitrogens is 1. The van der Waals surface area contributed by atoms with Crippen LogP contribution in [0.2, 0.25) is 0 Å². The smallest absolute Gasteiger partial charge is 0.276 e. The summed E-state index contributed by atoms with van der Waals surface area (Å²) in [5, 5.41) is 22.7. The molecule has 1 fully saturated rings. The Kier molecular flexibility index (Phi) is 5.23. The van der Waals surface area contributed by atoms with Gasteiger partial charge >= 0.3 is 0 Å². The highest BCUT2D eigenvalue weighted by molar-refractivity contribution is 5.99. The van der Waals surface area contributed by atoms with E-state index in [1.165, 1.54) is 9.47 Å². The number of hydrogen-bond acceptors (Lipinski definition) is 6. The first-order valence-corrected chi connectivity index (χ1v) is 9.50. The number of benzene rings is 1. The van der Waals surface area contributed by atoms with Gasteiger partial charge in [-0.25, -0.2) is 8.78 Å². The molecule has 0 spiro atoms. The number of ether oxygens (including phenoxy) is 1. The fourth-order valence-electron chi connectivity index (χ4n) is 3.74. The van der Waals surface area contributed by atoms with Gasteiger partial charge in [-0.3, -0.25) is 14.4 Å². The zero-order valence-electron chi connectivity index (χ0n) is 16.3. The van der Waals surface area contributed by atoms with Crippen molar-refractivity contribution in [2.75, 3.05) is 6.61 Å². The van der Waals surface area contributed by atoms with Gasteiger partial charge in [0.05, 0.1) is 25.3 Å². The van der Waals surface area contributed by atoms with Crippen LogP contribution < -0.4 is 10.7 Å². The summed E-state index contributed by atoms with van der Waals surface area (Å²) in [7, 11) is 0. The maximum Gasteiger partial charge on any atom is 0.276 e. The lowest BCUT2D eigenvalue weighted by atomic mass is 10.0. The van der Waals surface area contributed by atoms with Crippen LogP contribution in [0.15, 0.2) is 29.2 Å². The Hall–Kier alpha value is -3.31. The van der Waals surface area contributed by atoms with E-state index in [1.807, 2.05) is 0 Å². The van der Waals surface area contributed by atoms with Crippen molar-refractivity contribution in [2.45, 2.75) is 38.4 Å². The van der Waals surface area contributed by atoms with Gasteiger partial charge in [-0.15, -0.1) is 0 Å². The number of carbonyl (C=O) groups excluding carboxylic acids is 2. The summed E-state index contributed by atoms with van der Waals surface area (Å²) in [6, 6.07) is 2.26. The van der Waals surface area contributed by atoms with Crippen LogP contribution in [0, 0.1) is 11.6 Å². The summed E-state index contributed by atoms with van der Waals surface area (Å²) in [5.41, 5.74) is -1.83. The van der Waals surface area contributed by atoms with E-state index in [2.05, 4.69) is 5.32 Å². The second kappa shape index (κ2) is 7.75. The maximum absolute atomic E-state index is 13.8. The average Bonchev–Trinajstić information content (AvgIpc) is 2.72. The summed E-state index contributed by atoms with van der Waals surface area (Å²) in [6.07, 6.45) is -0.538. The summed E-state index contributed by atoms with van der Waals surface area (Å²) in [5.74, 6) is -4.14. The van der Waals surface area contributed by atoms with Gasteiger partial charge in [0.2, 0.25) is 5.43 Å². The molecule has 0 aliphatic carbocycles. The third kappa shape index (κ3) is 3.55. The Morgan fingerprint density at radius 3 is 2.77 bits per heavy atom. The van der Waals surface area contributed by atoms with Crippen LogP contribution in [0.3, 0.4) is 0 Å². The van der Waals surface area contributed by atoms with E-state index < -0.39 is 58.6 Å². The fourth-order valence-corrected chi connectivity index (χ4v) is 3.74. The zero-order valence-corrected chi connectivity index (χ0v) is 16.3. The van der Waals surface area contributed by atoms with E-state index >= 15 is 0 Å². The molecule has 0 bridgehead atoms. The van der Waals surface area contributed by atoms with Crippen LogP contribution in [0.4, 0.5) is 8.78 Å². The van der Waals surface area contributed by atoms with Crippen LogP contribution in [0.5, 0.6) is 5.75 Å². The third-order valence-electron chi connectivity index (χ3n) is 5.51. The van der Waals surface area contributed by atoms with Crippen LogP contribution in [-0.2, 0) is 17.8 Å². The van der Waals surface area contributed by atoms with Gasteiger partial charge in [0.25, 0.3) is 11.8 Å². The van der Waals surface area contributed by atoms with Crippen LogP contribution in [0.1, 0.15) is 33.3 Å². The Balaban J connectivity index is 1.63. The number of carbonyl (C=O) groups is 2. The third-order valence-corrected chi connectivity index (χ3v) is 5.51. The number of aliphatic hydroxyl groups excluding tert-OH is 1. The Morgan fingerprint density at radius 2 is 2.06 bits per heavy atom. The largest absolute Gasteiger partial charge is 0.503 e. The summed E-state index contributed by atoms with van der Waals surface area (Å²) in [6.45, 7) is 1.34. The summed E-state index contributed by atoms with van der Waals surface area (Å²) in [4.78, 5) is 39.2. The lowest BCUT2D eigenvalue weighted by molar-refractivity contribution is -0.159. The molecule has 2 aromatic rings. The standard InChI is InChI=1S/C20H19F2N3O6/c1-9-14(26)8-31-15-7-24-6-12(17(27)18(28)16(24)20(30)25(9)15)19(29)23-5-10-2-3-11(21)4-13(10)22/h2-4,6,9,14-15,26,28H,5,7-8H2,1H3,(H,23,29). The first kappa shape index (κ1) is 20.9.